The molecule has 3 aromatic carbocycles. The zero-order valence-electron chi connectivity index (χ0n) is 19.7. The van der Waals surface area contributed by atoms with Gasteiger partial charge in [-0.2, -0.15) is 0 Å². The Kier molecular flexibility index (Phi) is 9.49. The van der Waals surface area contributed by atoms with Crippen LogP contribution in [0.4, 0.5) is 10.5 Å². The Morgan fingerprint density at radius 1 is 1.03 bits per heavy atom. The molecule has 0 unspecified atom stereocenters. The van der Waals surface area contributed by atoms with E-state index in [4.69, 9.17) is 9.47 Å². The van der Waals surface area contributed by atoms with Crippen molar-refractivity contribution in [2.24, 2.45) is 0 Å². The van der Waals surface area contributed by atoms with Gasteiger partial charge in [-0.15, -0.1) is 0 Å². The maximum atomic E-state index is 13.0. The molecule has 1 heterocycles. The van der Waals surface area contributed by atoms with Gasteiger partial charge in [0.05, 0.1) is 15.1 Å². The molecule has 190 valence electrons. The summed E-state index contributed by atoms with van der Waals surface area (Å²) >= 11 is 5.14. The fourth-order valence-electron chi connectivity index (χ4n) is 3.47. The van der Waals surface area contributed by atoms with Crippen LogP contribution < -0.4 is 14.8 Å². The molecule has 1 N–H and O–H groups in total. The van der Waals surface area contributed by atoms with Gasteiger partial charge in [0.15, 0.2) is 11.5 Å². The van der Waals surface area contributed by atoms with Crippen molar-refractivity contribution in [1.82, 2.24) is 4.90 Å². The largest absolute Gasteiger partial charge is 0.490 e. The van der Waals surface area contributed by atoms with E-state index in [0.29, 0.717) is 36.0 Å². The van der Waals surface area contributed by atoms with Gasteiger partial charge in [-0.05, 0) is 117 Å². The molecule has 0 radical (unpaired) electrons. The molecule has 0 bridgehead atoms. The van der Waals surface area contributed by atoms with E-state index >= 15 is 0 Å². The van der Waals surface area contributed by atoms with Crippen molar-refractivity contribution in [2.45, 2.75) is 13.5 Å². The Labute approximate surface area is 246 Å². The van der Waals surface area contributed by atoms with Gasteiger partial charge in [-0.25, -0.2) is 0 Å². The molecule has 3 amide bonds. The maximum absolute atomic E-state index is 13.0. The lowest BCUT2D eigenvalue weighted by Crippen LogP contribution is -2.36. The number of imide groups is 1. The molecule has 0 aromatic heterocycles. The lowest BCUT2D eigenvalue weighted by atomic mass is 10.1. The molecular formula is C27H22I2N2O5S. The molecule has 3 aromatic rings. The Hall–Kier alpha value is -2.58. The number of carbonyl (C=O) groups is 3. The molecule has 37 heavy (non-hydrogen) atoms. The SMILES string of the molecule is CCOc1cc(/C=C2\SC(=O)N(CC(=O)Nc3ccc(I)cc3)C2=O)cc(I)c1OCc1ccccc1. The standard InChI is InChI=1S/C27H22I2N2O5S/c1-2-35-22-13-18(12-21(29)25(22)36-16-17-6-4-3-5-7-17)14-23-26(33)31(27(34)37-23)15-24(32)30-20-10-8-19(28)9-11-20/h3-14H,2,15-16H2,1H3,(H,30,32)/b23-14-. The van der Waals surface area contributed by atoms with E-state index in [1.54, 1.807) is 24.3 Å². The topological polar surface area (TPSA) is 84.9 Å². The summed E-state index contributed by atoms with van der Waals surface area (Å²) in [5.74, 6) is 0.208. The van der Waals surface area contributed by atoms with Crippen molar-refractivity contribution in [2.75, 3.05) is 18.5 Å². The van der Waals surface area contributed by atoms with Crippen LogP contribution in [0.25, 0.3) is 6.08 Å². The first-order valence-electron chi connectivity index (χ1n) is 11.3. The third kappa shape index (κ3) is 7.26. The van der Waals surface area contributed by atoms with Crippen molar-refractivity contribution < 1.29 is 23.9 Å². The number of benzene rings is 3. The van der Waals surface area contributed by atoms with Gasteiger partial charge in [0, 0.05) is 9.26 Å². The van der Waals surface area contributed by atoms with Crippen LogP contribution >= 0.6 is 56.9 Å². The Morgan fingerprint density at radius 3 is 2.46 bits per heavy atom. The van der Waals surface area contributed by atoms with E-state index in [9.17, 15) is 14.4 Å². The molecule has 0 aliphatic carbocycles. The first-order valence-corrected chi connectivity index (χ1v) is 14.2. The second-order valence-electron chi connectivity index (χ2n) is 7.86. The number of anilines is 1. The molecule has 1 aliphatic heterocycles. The quantitative estimate of drug-likeness (QED) is 0.198. The predicted molar refractivity (Wildman–Crippen MR) is 162 cm³/mol. The number of ether oxygens (including phenoxy) is 2. The molecule has 4 rings (SSSR count). The average molecular weight is 740 g/mol. The average Bonchev–Trinajstić information content (AvgIpc) is 3.13. The molecule has 0 spiro atoms. The number of hydrogen-bond acceptors (Lipinski definition) is 6. The second-order valence-corrected chi connectivity index (χ2v) is 11.3. The molecule has 10 heteroatoms. The van der Waals surface area contributed by atoms with Gasteiger partial charge in [-0.3, -0.25) is 19.3 Å². The second kappa shape index (κ2) is 12.8. The van der Waals surface area contributed by atoms with Crippen molar-refractivity contribution in [1.29, 1.82) is 0 Å². The molecule has 0 saturated carbocycles. The highest BCUT2D eigenvalue weighted by Gasteiger charge is 2.36. The van der Waals surface area contributed by atoms with Crippen molar-refractivity contribution in [3.63, 3.8) is 0 Å². The summed E-state index contributed by atoms with van der Waals surface area (Å²) in [7, 11) is 0. The van der Waals surface area contributed by atoms with Gasteiger partial charge < -0.3 is 14.8 Å². The fourth-order valence-corrected chi connectivity index (χ4v) is 5.45. The zero-order valence-corrected chi connectivity index (χ0v) is 24.8. The van der Waals surface area contributed by atoms with Crippen LogP contribution in [0.1, 0.15) is 18.1 Å². The summed E-state index contributed by atoms with van der Waals surface area (Å²) in [5.41, 5.74) is 2.32. The third-order valence-corrected chi connectivity index (χ3v) is 7.59. The maximum Gasteiger partial charge on any atom is 0.294 e. The first kappa shape index (κ1) is 27.5. The predicted octanol–water partition coefficient (Wildman–Crippen LogP) is 6.55. The van der Waals surface area contributed by atoms with E-state index in [2.05, 4.69) is 50.5 Å². The van der Waals surface area contributed by atoms with E-state index < -0.39 is 17.1 Å². The van der Waals surface area contributed by atoms with Crippen LogP contribution in [0.5, 0.6) is 11.5 Å². The van der Waals surface area contributed by atoms with Gasteiger partial charge in [0.2, 0.25) is 5.91 Å². The molecule has 1 aliphatic rings. The minimum atomic E-state index is -0.509. The number of rotatable bonds is 9. The minimum Gasteiger partial charge on any atom is -0.490 e. The summed E-state index contributed by atoms with van der Waals surface area (Å²) < 4.78 is 13.7. The molecular weight excluding hydrogens is 718 g/mol. The first-order chi connectivity index (χ1) is 17.8. The van der Waals surface area contributed by atoms with Gasteiger partial charge in [0.25, 0.3) is 11.1 Å². The lowest BCUT2D eigenvalue weighted by Gasteiger charge is -2.15. The highest BCUT2D eigenvalue weighted by Crippen LogP contribution is 2.38. The lowest BCUT2D eigenvalue weighted by molar-refractivity contribution is -0.127. The summed E-state index contributed by atoms with van der Waals surface area (Å²) in [6, 6.07) is 20.7. The monoisotopic (exact) mass is 740 g/mol. The molecule has 0 atom stereocenters. The van der Waals surface area contributed by atoms with Crippen LogP contribution in [0.2, 0.25) is 0 Å². The number of hydrogen-bond donors (Lipinski definition) is 1. The number of thioether (sulfide) groups is 1. The summed E-state index contributed by atoms with van der Waals surface area (Å²) in [5, 5.41) is 2.22. The highest BCUT2D eigenvalue weighted by molar-refractivity contribution is 14.1. The Bertz CT molecular complexity index is 1350. The van der Waals surface area contributed by atoms with Crippen molar-refractivity contribution in [3.8, 4) is 11.5 Å². The fraction of sp³-hybridized carbons (Fsp3) is 0.148. The summed E-state index contributed by atoms with van der Waals surface area (Å²) in [4.78, 5) is 39.1. The number of halogens is 2. The van der Waals surface area contributed by atoms with Crippen molar-refractivity contribution >= 4 is 85.8 Å². The zero-order chi connectivity index (χ0) is 26.4. The highest BCUT2D eigenvalue weighted by atomic mass is 127. The van der Waals surface area contributed by atoms with Crippen LogP contribution in [-0.4, -0.2) is 35.1 Å². The van der Waals surface area contributed by atoms with E-state index in [1.807, 2.05) is 55.5 Å². The number of nitrogens with one attached hydrogen (secondary N) is 1. The minimum absolute atomic E-state index is 0.239. The van der Waals surface area contributed by atoms with E-state index in [1.165, 1.54) is 0 Å². The summed E-state index contributed by atoms with van der Waals surface area (Å²) in [6.07, 6.45) is 1.63. The third-order valence-electron chi connectivity index (χ3n) is 5.16. The van der Waals surface area contributed by atoms with Gasteiger partial charge >= 0.3 is 0 Å². The normalized spacial score (nSPS) is 14.2. The van der Waals surface area contributed by atoms with E-state index in [0.717, 1.165) is 29.4 Å². The summed E-state index contributed by atoms with van der Waals surface area (Å²) in [6.45, 7) is 2.35. The number of carbonyl (C=O) groups excluding carboxylic acids is 3. The Morgan fingerprint density at radius 2 is 1.76 bits per heavy atom. The van der Waals surface area contributed by atoms with Gasteiger partial charge in [0.1, 0.15) is 13.2 Å². The van der Waals surface area contributed by atoms with Crippen LogP contribution in [0, 0.1) is 7.14 Å². The van der Waals surface area contributed by atoms with Gasteiger partial charge in [-0.1, -0.05) is 30.3 Å². The Balaban J connectivity index is 1.48. The smallest absolute Gasteiger partial charge is 0.294 e. The molecule has 1 saturated heterocycles. The number of amides is 3. The van der Waals surface area contributed by atoms with Crippen LogP contribution in [0.15, 0.2) is 71.6 Å². The van der Waals surface area contributed by atoms with Crippen LogP contribution in [0.3, 0.4) is 0 Å². The molecule has 1 fully saturated rings. The molecule has 7 nitrogen and oxygen atoms in total. The van der Waals surface area contributed by atoms with Crippen LogP contribution in [-0.2, 0) is 16.2 Å². The van der Waals surface area contributed by atoms with E-state index in [-0.39, 0.29) is 11.4 Å². The van der Waals surface area contributed by atoms with Crippen molar-refractivity contribution in [3.05, 3.63) is 89.9 Å². The number of nitrogens with zero attached hydrogens (tertiary/aromatic N) is 1.